The van der Waals surface area contributed by atoms with Crippen molar-refractivity contribution in [1.82, 2.24) is 5.32 Å². The van der Waals surface area contributed by atoms with Crippen LogP contribution in [0.2, 0.25) is 5.02 Å². The van der Waals surface area contributed by atoms with Crippen LogP contribution < -0.4 is 10.6 Å². The molecule has 6 nitrogen and oxygen atoms in total. The van der Waals surface area contributed by atoms with E-state index in [0.717, 1.165) is 12.8 Å². The van der Waals surface area contributed by atoms with E-state index < -0.39 is 11.0 Å². The van der Waals surface area contributed by atoms with Gasteiger partial charge in [0.15, 0.2) is 0 Å². The smallest absolute Gasteiger partial charge is 0.293 e. The number of nitrogens with one attached hydrogen (secondary N) is 2. The molecule has 2 rings (SSSR count). The van der Waals surface area contributed by atoms with Crippen molar-refractivity contribution in [2.45, 2.75) is 31.8 Å². The highest BCUT2D eigenvalue weighted by Gasteiger charge is 2.26. The zero-order valence-corrected chi connectivity index (χ0v) is 11.1. The quantitative estimate of drug-likeness (QED) is 0.641. The SMILES string of the molecule is CC(Nc1ccc(Cl)cc1[N+](=O)[O-])C(=O)NC1CC1. The maximum atomic E-state index is 11.8. The number of carbonyl (C=O) groups excluding carboxylic acids is 1. The van der Waals surface area contributed by atoms with Gasteiger partial charge < -0.3 is 10.6 Å². The Bertz CT molecular complexity index is 517. The van der Waals surface area contributed by atoms with E-state index >= 15 is 0 Å². The third-order valence-corrected chi connectivity index (χ3v) is 3.08. The third kappa shape index (κ3) is 3.57. The second-order valence-corrected chi connectivity index (χ2v) is 5.00. The molecule has 1 aromatic rings. The molecule has 102 valence electrons. The van der Waals surface area contributed by atoms with Crippen LogP contribution in [0.25, 0.3) is 0 Å². The van der Waals surface area contributed by atoms with E-state index in [1.165, 1.54) is 12.1 Å². The molecule has 0 saturated heterocycles. The normalized spacial score (nSPS) is 15.7. The predicted octanol–water partition coefficient (Wildman–Crippen LogP) is 2.33. The molecule has 0 heterocycles. The van der Waals surface area contributed by atoms with Crippen LogP contribution >= 0.6 is 11.6 Å². The van der Waals surface area contributed by atoms with Crippen LogP contribution in [0.1, 0.15) is 19.8 Å². The number of anilines is 1. The van der Waals surface area contributed by atoms with Crippen LogP contribution in [-0.4, -0.2) is 22.9 Å². The van der Waals surface area contributed by atoms with Crippen LogP contribution in [0.5, 0.6) is 0 Å². The van der Waals surface area contributed by atoms with Crippen molar-refractivity contribution in [3.8, 4) is 0 Å². The van der Waals surface area contributed by atoms with Crippen molar-refractivity contribution in [2.24, 2.45) is 0 Å². The van der Waals surface area contributed by atoms with E-state index in [-0.39, 0.29) is 28.3 Å². The van der Waals surface area contributed by atoms with Crippen molar-refractivity contribution in [3.05, 3.63) is 33.3 Å². The van der Waals surface area contributed by atoms with Gasteiger partial charge in [0.25, 0.3) is 5.69 Å². The van der Waals surface area contributed by atoms with Gasteiger partial charge in [-0.2, -0.15) is 0 Å². The highest BCUT2D eigenvalue weighted by Crippen LogP contribution is 2.28. The fourth-order valence-electron chi connectivity index (χ4n) is 1.63. The number of halogens is 1. The largest absolute Gasteiger partial charge is 0.368 e. The molecule has 7 heteroatoms. The molecular weight excluding hydrogens is 270 g/mol. The van der Waals surface area contributed by atoms with E-state index in [1.54, 1.807) is 13.0 Å². The van der Waals surface area contributed by atoms with Gasteiger partial charge in [-0.25, -0.2) is 0 Å². The Morgan fingerprint density at radius 3 is 2.79 bits per heavy atom. The van der Waals surface area contributed by atoms with Gasteiger partial charge in [-0.05, 0) is 31.9 Å². The molecule has 0 aromatic heterocycles. The molecule has 1 fully saturated rings. The lowest BCUT2D eigenvalue weighted by molar-refractivity contribution is -0.384. The van der Waals surface area contributed by atoms with Crippen molar-refractivity contribution >= 4 is 28.9 Å². The first-order chi connectivity index (χ1) is 8.97. The van der Waals surface area contributed by atoms with Gasteiger partial charge in [-0.15, -0.1) is 0 Å². The molecule has 1 aliphatic rings. The summed E-state index contributed by atoms with van der Waals surface area (Å²) in [4.78, 5) is 22.2. The summed E-state index contributed by atoms with van der Waals surface area (Å²) in [6.07, 6.45) is 2.00. The zero-order chi connectivity index (χ0) is 14.0. The Hall–Kier alpha value is -1.82. The summed E-state index contributed by atoms with van der Waals surface area (Å²) < 4.78 is 0. The summed E-state index contributed by atoms with van der Waals surface area (Å²) in [5, 5.41) is 16.9. The molecule has 19 heavy (non-hydrogen) atoms. The van der Waals surface area contributed by atoms with E-state index in [9.17, 15) is 14.9 Å². The molecule has 0 spiro atoms. The Labute approximate surface area is 115 Å². The average molecular weight is 284 g/mol. The van der Waals surface area contributed by atoms with Crippen molar-refractivity contribution in [3.63, 3.8) is 0 Å². The summed E-state index contributed by atoms with van der Waals surface area (Å²) in [6.45, 7) is 1.66. The fourth-order valence-corrected chi connectivity index (χ4v) is 1.80. The molecule has 0 bridgehead atoms. The van der Waals surface area contributed by atoms with Crippen LogP contribution in [0.3, 0.4) is 0 Å². The Morgan fingerprint density at radius 2 is 2.21 bits per heavy atom. The Kier molecular flexibility index (Phi) is 3.90. The lowest BCUT2D eigenvalue weighted by atomic mass is 10.2. The first-order valence-electron chi connectivity index (χ1n) is 5.98. The first kappa shape index (κ1) is 13.6. The lowest BCUT2D eigenvalue weighted by Gasteiger charge is -2.15. The molecular formula is C12H14ClN3O3. The number of amides is 1. The molecule has 2 N–H and O–H groups in total. The number of nitrogens with zero attached hydrogens (tertiary/aromatic N) is 1. The highest BCUT2D eigenvalue weighted by atomic mass is 35.5. The number of carbonyl (C=O) groups is 1. The van der Waals surface area contributed by atoms with Gasteiger partial charge in [0.1, 0.15) is 11.7 Å². The number of rotatable bonds is 5. The first-order valence-corrected chi connectivity index (χ1v) is 6.36. The van der Waals surface area contributed by atoms with Crippen LogP contribution in [0.4, 0.5) is 11.4 Å². The minimum atomic E-state index is -0.541. The van der Waals surface area contributed by atoms with Gasteiger partial charge in [0, 0.05) is 17.1 Å². The molecule has 1 aromatic carbocycles. The van der Waals surface area contributed by atoms with Crippen LogP contribution in [-0.2, 0) is 4.79 Å². The van der Waals surface area contributed by atoms with Gasteiger partial charge in [0.2, 0.25) is 5.91 Å². The second kappa shape index (κ2) is 5.44. The number of hydrogen-bond acceptors (Lipinski definition) is 4. The maximum absolute atomic E-state index is 11.8. The van der Waals surface area contributed by atoms with E-state index in [1.807, 2.05) is 0 Å². The van der Waals surface area contributed by atoms with E-state index in [4.69, 9.17) is 11.6 Å². The number of benzene rings is 1. The van der Waals surface area contributed by atoms with E-state index in [2.05, 4.69) is 10.6 Å². The van der Waals surface area contributed by atoms with Gasteiger partial charge in [-0.1, -0.05) is 11.6 Å². The second-order valence-electron chi connectivity index (χ2n) is 4.57. The number of nitro benzene ring substituents is 1. The number of hydrogen-bond donors (Lipinski definition) is 2. The summed E-state index contributed by atoms with van der Waals surface area (Å²) in [5.41, 5.74) is 0.145. The molecule has 0 radical (unpaired) electrons. The number of nitro groups is 1. The summed E-state index contributed by atoms with van der Waals surface area (Å²) >= 11 is 5.73. The topological polar surface area (TPSA) is 84.3 Å². The standard InChI is InChI=1S/C12H14ClN3O3/c1-7(12(17)15-9-3-4-9)14-10-5-2-8(13)6-11(10)16(18)19/h2,5-7,9,14H,3-4H2,1H3,(H,15,17). The van der Waals surface area contributed by atoms with Crippen molar-refractivity contribution in [2.75, 3.05) is 5.32 Å². The van der Waals surface area contributed by atoms with Crippen LogP contribution in [0.15, 0.2) is 18.2 Å². The molecule has 1 amide bonds. The van der Waals surface area contributed by atoms with Gasteiger partial charge in [0.05, 0.1) is 4.92 Å². The summed E-state index contributed by atoms with van der Waals surface area (Å²) in [7, 11) is 0. The Balaban J connectivity index is 2.08. The van der Waals surface area contributed by atoms with Gasteiger partial charge in [-0.3, -0.25) is 14.9 Å². The van der Waals surface area contributed by atoms with Crippen molar-refractivity contribution in [1.29, 1.82) is 0 Å². The summed E-state index contributed by atoms with van der Waals surface area (Å²) in [5.74, 6) is -0.160. The fraction of sp³-hybridized carbons (Fsp3) is 0.417. The van der Waals surface area contributed by atoms with Gasteiger partial charge >= 0.3 is 0 Å². The minimum Gasteiger partial charge on any atom is -0.368 e. The third-order valence-electron chi connectivity index (χ3n) is 2.85. The van der Waals surface area contributed by atoms with Crippen molar-refractivity contribution < 1.29 is 9.72 Å². The zero-order valence-electron chi connectivity index (χ0n) is 10.4. The monoisotopic (exact) mass is 283 g/mol. The summed E-state index contributed by atoms with van der Waals surface area (Å²) in [6, 6.07) is 4.02. The molecule has 0 aliphatic heterocycles. The molecule has 1 unspecified atom stereocenters. The molecule has 1 aliphatic carbocycles. The predicted molar refractivity (Wildman–Crippen MR) is 72.4 cm³/mol. The molecule has 1 atom stereocenters. The van der Waals surface area contributed by atoms with E-state index in [0.29, 0.717) is 0 Å². The lowest BCUT2D eigenvalue weighted by Crippen LogP contribution is -2.38. The maximum Gasteiger partial charge on any atom is 0.293 e. The minimum absolute atomic E-state index is 0.140. The molecule has 1 saturated carbocycles. The average Bonchev–Trinajstić information content (AvgIpc) is 3.14. The highest BCUT2D eigenvalue weighted by molar-refractivity contribution is 6.30. The van der Waals surface area contributed by atoms with Crippen LogP contribution in [0, 0.1) is 10.1 Å². The Morgan fingerprint density at radius 1 is 1.53 bits per heavy atom.